The summed E-state index contributed by atoms with van der Waals surface area (Å²) < 4.78 is 27.3. The van der Waals surface area contributed by atoms with Gasteiger partial charge in [0.15, 0.2) is 5.82 Å². The molecular formula is C19H26ClN5O3S. The Morgan fingerprint density at radius 2 is 1.62 bits per heavy atom. The van der Waals surface area contributed by atoms with Gasteiger partial charge >= 0.3 is 6.03 Å². The molecule has 0 aliphatic rings. The van der Waals surface area contributed by atoms with Crippen LogP contribution < -0.4 is 14.9 Å². The van der Waals surface area contributed by atoms with Gasteiger partial charge in [0, 0.05) is 30.9 Å². The van der Waals surface area contributed by atoms with Gasteiger partial charge in [-0.2, -0.15) is 5.10 Å². The Morgan fingerprint density at radius 1 is 1.07 bits per heavy atom. The molecule has 10 heteroatoms. The Labute approximate surface area is 176 Å². The second kappa shape index (κ2) is 8.96. The van der Waals surface area contributed by atoms with Crippen LogP contribution in [0.1, 0.15) is 50.7 Å². The van der Waals surface area contributed by atoms with Crippen LogP contribution in [-0.4, -0.2) is 38.7 Å². The lowest BCUT2D eigenvalue weighted by atomic mass is 9.92. The summed E-state index contributed by atoms with van der Waals surface area (Å²) >= 11 is 6.23. The van der Waals surface area contributed by atoms with E-state index in [2.05, 4.69) is 15.5 Å². The molecule has 2 N–H and O–H groups in total. The van der Waals surface area contributed by atoms with E-state index in [0.717, 1.165) is 17.3 Å². The predicted octanol–water partition coefficient (Wildman–Crippen LogP) is 3.95. The number of nitrogens with one attached hydrogen (secondary N) is 2. The summed E-state index contributed by atoms with van der Waals surface area (Å²) in [6, 6.07) is 4.03. The van der Waals surface area contributed by atoms with Gasteiger partial charge in [0.05, 0.1) is 6.20 Å². The second-order valence-corrected chi connectivity index (χ2v) is 9.59. The molecular weight excluding hydrogens is 414 g/mol. The van der Waals surface area contributed by atoms with Crippen molar-refractivity contribution < 1.29 is 13.2 Å². The van der Waals surface area contributed by atoms with E-state index in [1.165, 1.54) is 6.07 Å². The molecule has 29 heavy (non-hydrogen) atoms. The third-order valence-electron chi connectivity index (χ3n) is 4.26. The Balaban J connectivity index is 2.35. The van der Waals surface area contributed by atoms with Gasteiger partial charge in [-0.25, -0.2) is 17.9 Å². The van der Waals surface area contributed by atoms with Gasteiger partial charge in [-0.3, -0.25) is 0 Å². The highest BCUT2D eigenvalue weighted by Gasteiger charge is 2.22. The van der Waals surface area contributed by atoms with Gasteiger partial charge in [0.2, 0.25) is 0 Å². The number of hydrogen-bond acceptors (Lipinski definition) is 6. The fraction of sp³-hybridized carbons (Fsp3) is 0.421. The van der Waals surface area contributed by atoms with Crippen molar-refractivity contribution in [1.82, 2.24) is 14.9 Å². The number of aromatic nitrogens is 2. The molecule has 8 nitrogen and oxygen atoms in total. The number of benzene rings is 1. The molecule has 0 fully saturated rings. The number of halogens is 1. The highest BCUT2D eigenvalue weighted by atomic mass is 35.5. The molecule has 0 saturated heterocycles. The summed E-state index contributed by atoms with van der Waals surface area (Å²) in [6.07, 6.45) is 1.09. The zero-order valence-corrected chi connectivity index (χ0v) is 18.9. The van der Waals surface area contributed by atoms with E-state index < -0.39 is 16.1 Å². The van der Waals surface area contributed by atoms with Gasteiger partial charge in [-0.15, -0.1) is 5.10 Å². The summed E-state index contributed by atoms with van der Waals surface area (Å²) in [7, 11) is -0.707. The Morgan fingerprint density at radius 3 is 2.10 bits per heavy atom. The van der Waals surface area contributed by atoms with Crippen molar-refractivity contribution in [3.8, 4) is 0 Å². The van der Waals surface area contributed by atoms with Crippen LogP contribution in [0.3, 0.4) is 0 Å². The summed E-state index contributed by atoms with van der Waals surface area (Å²) in [6.45, 7) is 7.89. The third-order valence-corrected chi connectivity index (χ3v) is 5.77. The van der Waals surface area contributed by atoms with Crippen molar-refractivity contribution in [3.05, 3.63) is 40.5 Å². The van der Waals surface area contributed by atoms with Gasteiger partial charge in [-0.05, 0) is 35.1 Å². The molecule has 0 spiro atoms. The first kappa shape index (κ1) is 22.9. The molecule has 2 aromatic rings. The normalized spacial score (nSPS) is 11.6. The van der Waals surface area contributed by atoms with Crippen molar-refractivity contribution >= 4 is 39.2 Å². The summed E-state index contributed by atoms with van der Waals surface area (Å²) in [5, 5.41) is 10.8. The molecule has 0 radical (unpaired) electrons. The van der Waals surface area contributed by atoms with Crippen LogP contribution in [0.2, 0.25) is 5.02 Å². The van der Waals surface area contributed by atoms with Crippen LogP contribution >= 0.6 is 11.6 Å². The first-order chi connectivity index (χ1) is 13.4. The van der Waals surface area contributed by atoms with Crippen molar-refractivity contribution in [2.24, 2.45) is 0 Å². The van der Waals surface area contributed by atoms with E-state index >= 15 is 0 Å². The van der Waals surface area contributed by atoms with Gasteiger partial charge in [0.25, 0.3) is 10.0 Å². The molecule has 0 bridgehead atoms. The zero-order valence-electron chi connectivity index (χ0n) is 17.3. The molecule has 2 rings (SSSR count). The van der Waals surface area contributed by atoms with Crippen LogP contribution in [0, 0.1) is 0 Å². The van der Waals surface area contributed by atoms with E-state index in [-0.39, 0.29) is 16.7 Å². The van der Waals surface area contributed by atoms with E-state index in [9.17, 15) is 13.2 Å². The number of anilines is 2. The van der Waals surface area contributed by atoms with Gasteiger partial charge in [0.1, 0.15) is 4.90 Å². The van der Waals surface area contributed by atoms with E-state index in [1.54, 1.807) is 31.1 Å². The van der Waals surface area contributed by atoms with Crippen molar-refractivity contribution in [1.29, 1.82) is 0 Å². The molecule has 1 aromatic carbocycles. The molecule has 0 aliphatic carbocycles. The molecule has 1 aromatic heterocycles. The Bertz CT molecular complexity index is 978. The number of amides is 2. The zero-order chi connectivity index (χ0) is 21.9. The van der Waals surface area contributed by atoms with Crippen molar-refractivity contribution in [3.63, 3.8) is 0 Å². The predicted molar refractivity (Wildman–Crippen MR) is 115 cm³/mol. The first-order valence-electron chi connectivity index (χ1n) is 9.09. The smallest absolute Gasteiger partial charge is 0.333 e. The minimum Gasteiger partial charge on any atom is -0.361 e. The maximum Gasteiger partial charge on any atom is 0.333 e. The number of nitrogens with zero attached hydrogens (tertiary/aromatic N) is 3. The van der Waals surface area contributed by atoms with Crippen LogP contribution in [-0.2, 0) is 10.0 Å². The fourth-order valence-corrected chi connectivity index (χ4v) is 3.82. The molecule has 158 valence electrons. The Kier molecular flexibility index (Phi) is 7.07. The maximum absolute atomic E-state index is 12.6. The molecule has 2 amide bonds. The second-order valence-electron chi connectivity index (χ2n) is 7.47. The van der Waals surface area contributed by atoms with E-state index in [0.29, 0.717) is 16.5 Å². The quantitative estimate of drug-likeness (QED) is 0.706. The number of sulfonamides is 1. The number of carbonyl (C=O) groups excluding carboxylic acids is 1. The number of urea groups is 1. The highest BCUT2D eigenvalue weighted by molar-refractivity contribution is 7.90. The van der Waals surface area contributed by atoms with Crippen LogP contribution in [0.5, 0.6) is 0 Å². The summed E-state index contributed by atoms with van der Waals surface area (Å²) in [5.41, 5.74) is 2.22. The van der Waals surface area contributed by atoms with E-state index in [1.807, 2.05) is 32.4 Å². The average Bonchev–Trinajstić information content (AvgIpc) is 2.62. The topological polar surface area (TPSA) is 104 Å². The maximum atomic E-state index is 12.6. The average molecular weight is 440 g/mol. The molecule has 0 saturated carbocycles. The van der Waals surface area contributed by atoms with Gasteiger partial charge < -0.3 is 10.2 Å². The molecule has 0 atom stereocenters. The third kappa shape index (κ3) is 5.57. The minimum absolute atomic E-state index is 0.0742. The molecule has 1 heterocycles. The number of rotatable bonds is 6. The lowest BCUT2D eigenvalue weighted by Crippen LogP contribution is -2.35. The van der Waals surface area contributed by atoms with Crippen LogP contribution in [0.15, 0.2) is 29.3 Å². The monoisotopic (exact) mass is 439 g/mol. The minimum atomic E-state index is -4.13. The lowest BCUT2D eigenvalue weighted by molar-refractivity contribution is 0.256. The fourth-order valence-electron chi connectivity index (χ4n) is 2.73. The number of carbonyl (C=O) groups is 1. The van der Waals surface area contributed by atoms with Crippen molar-refractivity contribution in [2.75, 3.05) is 24.3 Å². The molecule has 0 unspecified atom stereocenters. The summed E-state index contributed by atoms with van der Waals surface area (Å²) in [5.74, 6) is 0.505. The van der Waals surface area contributed by atoms with Crippen LogP contribution in [0.25, 0.3) is 0 Å². The molecule has 0 aliphatic heterocycles. The highest BCUT2D eigenvalue weighted by Crippen LogP contribution is 2.35. The summed E-state index contributed by atoms with van der Waals surface area (Å²) in [4.78, 5) is 14.0. The largest absolute Gasteiger partial charge is 0.361 e. The SMILES string of the molecule is CC(C)c1cc(Cl)cc(C(C)C)c1NC(=O)NS(=O)(=O)c1cnnc(N(C)C)c1. The van der Waals surface area contributed by atoms with Gasteiger partial charge in [-0.1, -0.05) is 39.3 Å². The standard InChI is InChI=1S/C19H26ClN5O3S/c1-11(2)15-7-13(20)8-16(12(3)4)18(15)22-19(26)24-29(27,28)14-9-17(25(5)6)23-21-10-14/h7-12H,1-6H3,(H2,22,24,26). The van der Waals surface area contributed by atoms with Crippen molar-refractivity contribution in [2.45, 2.75) is 44.4 Å². The van der Waals surface area contributed by atoms with Crippen LogP contribution in [0.4, 0.5) is 16.3 Å². The first-order valence-corrected chi connectivity index (χ1v) is 11.0. The Hall–Kier alpha value is -2.39. The number of hydrogen-bond donors (Lipinski definition) is 2. The van der Waals surface area contributed by atoms with E-state index in [4.69, 9.17) is 11.6 Å². The lowest BCUT2D eigenvalue weighted by Gasteiger charge is -2.21.